The normalized spacial score (nSPS) is 11.7. The van der Waals surface area contributed by atoms with Crippen LogP contribution in [0, 0.1) is 48.2 Å². The Morgan fingerprint density at radius 1 is 0.741 bits per heavy atom. The van der Waals surface area contributed by atoms with Gasteiger partial charge >= 0.3 is 11.6 Å². The van der Waals surface area contributed by atoms with Crippen molar-refractivity contribution >= 4 is 11.6 Å². The molecule has 0 aromatic carbocycles. The third-order valence-electron chi connectivity index (χ3n) is 2.92. The van der Waals surface area contributed by atoms with Gasteiger partial charge in [-0.3, -0.25) is 0 Å². The van der Waals surface area contributed by atoms with Crippen LogP contribution in [0.5, 0.6) is 0 Å². The summed E-state index contributed by atoms with van der Waals surface area (Å²) in [4.78, 5) is 9.06. The van der Waals surface area contributed by atoms with E-state index in [0.29, 0.717) is 0 Å². The minimum atomic E-state index is -4.94. The molecule has 0 radical (unpaired) electrons. The number of fused-ring (bicyclic) bond motifs is 3. The molecule has 13 nitrogen and oxygen atoms in total. The number of aromatic amines is 1. The summed E-state index contributed by atoms with van der Waals surface area (Å²) in [5, 5.41) is 3.26. The van der Waals surface area contributed by atoms with Crippen molar-refractivity contribution in [3.8, 4) is 0 Å². The highest BCUT2D eigenvalue weighted by molar-refractivity contribution is 5.25. The van der Waals surface area contributed by atoms with Crippen LogP contribution in [0.3, 0.4) is 0 Å². The van der Waals surface area contributed by atoms with Crippen LogP contribution in [-0.4, -0.2) is 15.1 Å². The summed E-state index contributed by atoms with van der Waals surface area (Å²) < 4.78 is 71.9. The lowest BCUT2D eigenvalue weighted by Gasteiger charge is -2.17. The van der Waals surface area contributed by atoms with Crippen molar-refractivity contribution in [3.05, 3.63) is 34.9 Å². The van der Waals surface area contributed by atoms with E-state index in [2.05, 4.69) is 35.0 Å². The summed E-state index contributed by atoms with van der Waals surface area (Å²) in [7, 11) is -9.89. The number of aromatic nitrogens is 5. The molecule has 0 aliphatic carbocycles. The Hall–Kier alpha value is -1.78. The molecule has 3 heterocycles. The molecule has 150 valence electrons. The smallest absolute Gasteiger partial charge is 0.222 e. The maximum absolute atomic E-state index is 8.49. The Morgan fingerprint density at radius 2 is 1.15 bits per heavy atom. The number of hydrogen-bond donors (Lipinski definition) is 1. The van der Waals surface area contributed by atoms with Gasteiger partial charge in [0.2, 0.25) is 0 Å². The molecule has 0 amide bonds. The Labute approximate surface area is 156 Å². The van der Waals surface area contributed by atoms with E-state index in [-0.39, 0.29) is 0 Å². The summed E-state index contributed by atoms with van der Waals surface area (Å²) in [6.07, 6.45) is 0. The van der Waals surface area contributed by atoms with E-state index in [4.69, 9.17) is 37.3 Å². The SMILES string of the molecule is Cc1cc(C)[n+]2c(n1)[nH][n+]1c(C)cc(C)nc12.[O-][Cl+3]([O-])([O-])[O-].[O-][Cl+3]([O-])([O-])[O-]. The lowest BCUT2D eigenvalue weighted by atomic mass is 10.3. The number of hydrogen-bond acceptors (Lipinski definition) is 10. The molecule has 0 saturated carbocycles. The Kier molecular flexibility index (Phi) is 7.31. The molecule has 3 aromatic rings. The molecule has 0 fully saturated rings. The molecule has 1 N–H and O–H groups in total. The van der Waals surface area contributed by atoms with Crippen LogP contribution in [0.4, 0.5) is 0 Å². The summed E-state index contributed by atoms with van der Waals surface area (Å²) in [5.41, 5.74) is 4.26. The molecule has 0 unspecified atom stereocenters. The van der Waals surface area contributed by atoms with E-state index < -0.39 is 20.5 Å². The fourth-order valence-corrected chi connectivity index (χ4v) is 2.26. The maximum Gasteiger partial charge on any atom is 0.483 e. The molecular weight excluding hydrogens is 413 g/mol. The predicted octanol–water partition coefficient (Wildman–Crippen LogP) is -9.00. The lowest BCUT2D eigenvalue weighted by molar-refractivity contribution is -2.00. The van der Waals surface area contributed by atoms with Crippen molar-refractivity contribution in [2.75, 3.05) is 0 Å². The molecule has 15 heteroatoms. The van der Waals surface area contributed by atoms with Gasteiger partial charge < -0.3 is 0 Å². The summed E-state index contributed by atoms with van der Waals surface area (Å²) in [5.74, 6) is 1.70. The second-order valence-electron chi connectivity index (χ2n) is 5.24. The molecule has 0 bridgehead atoms. The van der Waals surface area contributed by atoms with Crippen LogP contribution in [0.15, 0.2) is 12.1 Å². The molecule has 0 atom stereocenters. The quantitative estimate of drug-likeness (QED) is 0.332. The van der Waals surface area contributed by atoms with Crippen LogP contribution in [0.25, 0.3) is 11.6 Å². The molecular formula is C12H15Cl2N5O8. The van der Waals surface area contributed by atoms with Crippen molar-refractivity contribution < 1.29 is 66.7 Å². The van der Waals surface area contributed by atoms with Gasteiger partial charge in [-0.25, -0.2) is 37.3 Å². The van der Waals surface area contributed by atoms with E-state index in [1.807, 2.05) is 28.8 Å². The van der Waals surface area contributed by atoms with Crippen LogP contribution < -0.4 is 46.2 Å². The van der Waals surface area contributed by atoms with Gasteiger partial charge in [0, 0.05) is 12.1 Å². The van der Waals surface area contributed by atoms with Crippen LogP contribution in [0.1, 0.15) is 22.8 Å². The number of H-pyrrole nitrogens is 1. The second-order valence-corrected chi connectivity index (χ2v) is 6.75. The number of nitrogens with one attached hydrogen (secondary N) is 1. The van der Waals surface area contributed by atoms with Crippen LogP contribution in [0.2, 0.25) is 0 Å². The van der Waals surface area contributed by atoms with E-state index in [1.54, 1.807) is 0 Å². The summed E-state index contributed by atoms with van der Waals surface area (Å²) in [6, 6.07) is 4.10. The first-order chi connectivity index (χ1) is 12.1. The Morgan fingerprint density at radius 3 is 1.63 bits per heavy atom. The van der Waals surface area contributed by atoms with Crippen molar-refractivity contribution in [3.63, 3.8) is 0 Å². The molecule has 3 rings (SSSR count). The highest BCUT2D eigenvalue weighted by atomic mass is 35.7. The third kappa shape index (κ3) is 8.19. The van der Waals surface area contributed by atoms with Gasteiger partial charge in [-0.05, 0) is 37.7 Å². The summed E-state index contributed by atoms with van der Waals surface area (Å²) >= 11 is 0. The number of nitrogens with zero attached hydrogens (tertiary/aromatic N) is 4. The van der Waals surface area contributed by atoms with Gasteiger partial charge in [0.05, 0.1) is 0 Å². The van der Waals surface area contributed by atoms with E-state index >= 15 is 0 Å². The molecule has 0 aliphatic rings. The van der Waals surface area contributed by atoms with E-state index in [0.717, 1.165) is 34.3 Å². The number of rotatable bonds is 0. The zero-order valence-corrected chi connectivity index (χ0v) is 16.0. The van der Waals surface area contributed by atoms with Crippen molar-refractivity contribution in [1.29, 1.82) is 0 Å². The topological polar surface area (TPSA) is 234 Å². The Bertz CT molecular complexity index is 914. The second kappa shape index (κ2) is 8.49. The molecule has 0 spiro atoms. The van der Waals surface area contributed by atoms with Gasteiger partial charge in [0.1, 0.15) is 22.8 Å². The maximum atomic E-state index is 8.49. The molecule has 27 heavy (non-hydrogen) atoms. The Balaban J connectivity index is 0.000000306. The fraction of sp³-hybridized carbons (Fsp3) is 0.333. The summed E-state index contributed by atoms with van der Waals surface area (Å²) in [6.45, 7) is 8.12. The van der Waals surface area contributed by atoms with E-state index in [1.165, 1.54) is 0 Å². The highest BCUT2D eigenvalue weighted by Crippen LogP contribution is 2.01. The van der Waals surface area contributed by atoms with Gasteiger partial charge in [-0.1, -0.05) is 9.61 Å². The number of aryl methyl sites for hydroxylation is 4. The fourth-order valence-electron chi connectivity index (χ4n) is 2.26. The van der Waals surface area contributed by atoms with Crippen LogP contribution >= 0.6 is 0 Å². The zero-order chi connectivity index (χ0) is 21.2. The zero-order valence-electron chi connectivity index (χ0n) is 14.5. The van der Waals surface area contributed by atoms with Gasteiger partial charge in [-0.2, -0.15) is 0 Å². The average molecular weight is 428 g/mol. The predicted molar refractivity (Wildman–Crippen MR) is 61.7 cm³/mol. The average Bonchev–Trinajstić information content (AvgIpc) is 2.73. The highest BCUT2D eigenvalue weighted by Gasteiger charge is 2.25. The molecule has 0 saturated heterocycles. The third-order valence-corrected chi connectivity index (χ3v) is 2.92. The first-order valence-electron chi connectivity index (χ1n) is 6.88. The first kappa shape index (κ1) is 23.3. The standard InChI is InChI=1S/C12H14N5.2ClHO4/c1-7-5-9(3)16-11(13-7)15-17-10(4)6-8(2)14-12(16)17;2*2-1(3,4)5/h5-6H,1-4H3;2*(H,2,3,4,5)/q+1;;/p-1. The van der Waals surface area contributed by atoms with Crippen molar-refractivity contribution in [2.24, 2.45) is 0 Å². The van der Waals surface area contributed by atoms with Gasteiger partial charge in [-0.15, -0.1) is 24.9 Å². The minimum Gasteiger partial charge on any atom is -0.222 e. The van der Waals surface area contributed by atoms with Crippen molar-refractivity contribution in [2.45, 2.75) is 27.7 Å². The number of halogens is 2. The van der Waals surface area contributed by atoms with Crippen LogP contribution in [-0.2, 0) is 0 Å². The minimum absolute atomic E-state index is 0.823. The van der Waals surface area contributed by atoms with Crippen molar-refractivity contribution in [1.82, 2.24) is 15.1 Å². The lowest BCUT2D eigenvalue weighted by Crippen LogP contribution is -2.68. The molecule has 0 aliphatic heterocycles. The monoisotopic (exact) mass is 427 g/mol. The molecule has 3 aromatic heterocycles. The van der Waals surface area contributed by atoms with Gasteiger partial charge in [0.25, 0.3) is 0 Å². The largest absolute Gasteiger partial charge is 0.483 e. The first-order valence-corrected chi connectivity index (χ1v) is 9.34. The van der Waals surface area contributed by atoms with Gasteiger partial charge in [0.15, 0.2) is 0 Å². The van der Waals surface area contributed by atoms with E-state index in [9.17, 15) is 0 Å².